The third-order valence-corrected chi connectivity index (χ3v) is 29.2. The number of carbonyl (C=O) groups is 4. The van der Waals surface area contributed by atoms with E-state index in [0.29, 0.717) is 91.5 Å². The van der Waals surface area contributed by atoms with Gasteiger partial charge >= 0.3 is 0 Å². The van der Waals surface area contributed by atoms with E-state index in [1.807, 2.05) is 48.5 Å². The second-order valence-corrected chi connectivity index (χ2v) is 38.1. The summed E-state index contributed by atoms with van der Waals surface area (Å²) in [6.45, 7) is 11.2. The normalized spacial score (nSPS) is 17.1. The van der Waals surface area contributed by atoms with Crippen molar-refractivity contribution in [2.75, 3.05) is 112 Å². The molecule has 12 aliphatic heterocycles. The Hall–Kier alpha value is -11.4. The van der Waals surface area contributed by atoms with E-state index in [4.69, 9.17) is 52.1 Å². The smallest absolute Gasteiger partial charge is 0.220 e. The van der Waals surface area contributed by atoms with Crippen molar-refractivity contribution >= 4 is 112 Å². The summed E-state index contributed by atoms with van der Waals surface area (Å²) in [6.07, 6.45) is 25.0. The van der Waals surface area contributed by atoms with Crippen molar-refractivity contribution < 1.29 is 185 Å². The molecule has 0 bridgehead atoms. The highest BCUT2D eigenvalue weighted by molar-refractivity contribution is 6.03. The molecule has 0 fully saturated rings. The molecule has 4 unspecified atom stereocenters. The number of aryl methyl sites for hydroxylation is 4. The van der Waals surface area contributed by atoms with Crippen molar-refractivity contribution in [3.63, 3.8) is 0 Å². The van der Waals surface area contributed by atoms with E-state index in [2.05, 4.69) is 230 Å². The van der Waals surface area contributed by atoms with Crippen molar-refractivity contribution in [3.8, 4) is 46.0 Å². The van der Waals surface area contributed by atoms with Crippen molar-refractivity contribution in [3.05, 3.63) is 265 Å². The highest BCUT2D eigenvalue weighted by atomic mass is 127. The van der Waals surface area contributed by atoms with E-state index in [1.54, 1.807) is 0 Å². The fourth-order valence-corrected chi connectivity index (χ4v) is 22.5. The van der Waals surface area contributed by atoms with Crippen LogP contribution in [0.4, 0.5) is 22.7 Å². The monoisotopic (exact) mass is 2400 g/mol. The Labute approximate surface area is 912 Å². The summed E-state index contributed by atoms with van der Waals surface area (Å²) in [5.74, 6) is 11.0. The molecule has 0 saturated heterocycles. The van der Waals surface area contributed by atoms with Crippen LogP contribution in [0.15, 0.2) is 242 Å². The lowest BCUT2D eigenvalue weighted by Gasteiger charge is -2.35. The van der Waals surface area contributed by atoms with Crippen LogP contribution in [0, 0.1) is 0 Å². The predicted molar refractivity (Wildman–Crippen MR) is 536 cm³/mol. The van der Waals surface area contributed by atoms with Gasteiger partial charge in [-0.15, -0.1) is 0 Å². The van der Waals surface area contributed by atoms with Gasteiger partial charge in [-0.2, -0.15) is 18.3 Å². The van der Waals surface area contributed by atoms with Gasteiger partial charge in [-0.25, -0.2) is 0 Å². The fourth-order valence-electron chi connectivity index (χ4n) is 22.5. The van der Waals surface area contributed by atoms with E-state index in [1.165, 1.54) is 22.3 Å². The molecule has 145 heavy (non-hydrogen) atoms. The summed E-state index contributed by atoms with van der Waals surface area (Å²) < 4.78 is 78.5. The summed E-state index contributed by atoms with van der Waals surface area (Å²) in [6, 6.07) is 67.1. The molecule has 12 aromatic rings. The lowest BCUT2D eigenvalue weighted by molar-refractivity contribution is -0.672. The molecule has 12 aliphatic rings. The molecule has 4 N–H and O–H groups in total. The maximum absolute atomic E-state index is 12.6. The number of nitrogens with one attached hydrogen (secondary N) is 4. The molecule has 4 aromatic heterocycles. The zero-order valence-corrected chi connectivity index (χ0v) is 89.8. The van der Waals surface area contributed by atoms with Gasteiger partial charge in [-0.3, -0.25) is 19.2 Å². The number of unbranched alkanes of at least 4 members (excludes halogenated alkanes) is 8. The number of nitrogens with zero attached hydrogens (tertiary/aromatic N) is 8. The highest BCUT2D eigenvalue weighted by Gasteiger charge is 2.48. The fraction of sp³-hybridized carbons (Fsp3) is 0.368. The average Bonchev–Trinajstić information content (AvgIpc) is 1.67. The van der Waals surface area contributed by atoms with Gasteiger partial charge < -0.3 is 189 Å². The van der Waals surface area contributed by atoms with Crippen molar-refractivity contribution in [2.45, 2.75) is 179 Å². The molecular formula is C114H120I4N12O15. The standard InChI is InChI=1S/C58H60N6O8.C56H56N6O7.4HI/c65-51(21-3-1-9-29-61-31-23-39-53-43(61)15-11-19-47(53)69-49-25-33-63-41-13-5-7-17-45(41)71-57(63)55(39)49)59-27-35-67-37-38-68-36-28-60-52(66)22-4-2-10-30-62-32-24-40-54-44(62)16-12-20-48(54)70-50-26-34-64-42-14-6-8-18-46(42)72-58(64)56(40)50;63-49(21-3-1-9-29-59-31-23-37-51-41(59)15-11-19-45(51)66-47-25-33-61-39-13-5-7-17-43(39)68-55(61)53(37)47)57-27-35-65-36-28-58-50(64)22-4-2-10-30-60-32-24-38-52-42(60)16-12-20-46(52)67-48-26-34-62-40-14-6-8-18-44(40)69-56(62)54(38)48;;;;/h5-8,11-20,23-24,31-32,49-50H,1-4,9-10,21-22,25-30,33-38H2;5-8,11-20,23-24,31-32,47-48H,1-4,9-10,21-22,25-30,33-36H2;4*1H. The molecule has 754 valence electrons. The topological polar surface area (TPSA) is 246 Å². The SMILES string of the molecule is O=C(CCCCC[n+]1ccc2c3c(cccc31)OC1CCN3C(=C21)Oc1ccccc13)NCCOCCNC(=O)CCCCC[n+]1ccc2c3c(cccc31)OC1CCN3C(=C21)Oc1ccccc13.O=C(CCCCC[n+]1ccc2c3c(cccc31)OC1CCN3C(=C21)Oc1ccccc13)NCCOCCOCCNC(=O)CCCCC[n+]1ccc2c3c(cccc31)OC1CCN3C(=C21)Oc1ccccc13.[I-].[I-].[I-].[I-]. The Morgan fingerprint density at radius 2 is 0.497 bits per heavy atom. The van der Waals surface area contributed by atoms with E-state index in [0.717, 1.165) is 313 Å². The number of pyridine rings is 4. The second kappa shape index (κ2) is 46.8. The van der Waals surface area contributed by atoms with Crippen LogP contribution in [0.25, 0.3) is 65.9 Å². The zero-order valence-electron chi connectivity index (χ0n) is 81.2. The number of aromatic nitrogens is 4. The van der Waals surface area contributed by atoms with Gasteiger partial charge in [-0.1, -0.05) is 72.8 Å². The van der Waals surface area contributed by atoms with E-state index >= 15 is 0 Å². The van der Waals surface area contributed by atoms with Crippen LogP contribution < -0.4 is 193 Å². The molecule has 0 saturated carbocycles. The molecule has 4 atom stereocenters. The quantitative estimate of drug-likeness (QED) is 0.0239. The van der Waals surface area contributed by atoms with Gasteiger partial charge in [0.1, 0.15) is 73.6 Å². The van der Waals surface area contributed by atoms with Crippen LogP contribution >= 0.6 is 0 Å². The number of amides is 4. The number of hydrogen-bond donors (Lipinski definition) is 4. The minimum Gasteiger partial charge on any atom is -1.00 e. The molecule has 8 aromatic carbocycles. The Bertz CT molecular complexity index is 6610. The van der Waals surface area contributed by atoms with Crippen LogP contribution in [0.2, 0.25) is 0 Å². The number of carbonyl (C=O) groups excluding carboxylic acids is 4. The van der Waals surface area contributed by atoms with Crippen LogP contribution in [-0.2, 0) is 59.6 Å². The van der Waals surface area contributed by atoms with Crippen molar-refractivity contribution in [2.24, 2.45) is 0 Å². The molecule has 0 radical (unpaired) electrons. The maximum atomic E-state index is 12.6. The first kappa shape index (κ1) is 102. The molecule has 31 heteroatoms. The summed E-state index contributed by atoms with van der Waals surface area (Å²) >= 11 is 0. The van der Waals surface area contributed by atoms with Crippen LogP contribution in [0.5, 0.6) is 46.0 Å². The van der Waals surface area contributed by atoms with Crippen molar-refractivity contribution in [1.82, 2.24) is 21.3 Å². The van der Waals surface area contributed by atoms with Gasteiger partial charge in [0.05, 0.1) is 106 Å². The lowest BCUT2D eigenvalue weighted by atomic mass is 9.90. The molecular weight excluding hydrogens is 2280 g/mol. The Balaban J connectivity index is 0.000000178. The number of fused-ring (bicyclic) bond motifs is 20. The largest absolute Gasteiger partial charge is 1.00 e. The molecule has 24 rings (SSSR count). The second-order valence-electron chi connectivity index (χ2n) is 38.1. The lowest BCUT2D eigenvalue weighted by Crippen LogP contribution is -3.00. The molecule has 16 heterocycles. The van der Waals surface area contributed by atoms with E-state index < -0.39 is 0 Å². The number of benzene rings is 8. The average molecular weight is 2410 g/mol. The minimum atomic E-state index is -0.0382. The zero-order chi connectivity index (χ0) is 94.6. The molecule has 27 nitrogen and oxygen atoms in total. The number of ether oxygens (including phenoxy) is 11. The number of rotatable bonds is 39. The summed E-state index contributed by atoms with van der Waals surface area (Å²) in [5.41, 5.74) is 18.3. The number of para-hydroxylation sites is 8. The summed E-state index contributed by atoms with van der Waals surface area (Å²) in [7, 11) is 0. The highest BCUT2D eigenvalue weighted by Crippen LogP contribution is 2.55. The number of hydrogen-bond acceptors (Lipinski definition) is 19. The Morgan fingerprint density at radius 3 is 0.745 bits per heavy atom. The number of anilines is 4. The van der Waals surface area contributed by atoms with Gasteiger partial charge in [0.15, 0.2) is 47.8 Å². The maximum Gasteiger partial charge on any atom is 0.220 e. The first-order chi connectivity index (χ1) is 69.6. The minimum absolute atomic E-state index is 0. The van der Waals surface area contributed by atoms with Gasteiger partial charge in [0.25, 0.3) is 0 Å². The van der Waals surface area contributed by atoms with Crippen LogP contribution in [0.1, 0.15) is 151 Å². The first-order valence-corrected chi connectivity index (χ1v) is 51.1. The Kier molecular flexibility index (Phi) is 33.0. The number of halogens is 4. The van der Waals surface area contributed by atoms with Gasteiger partial charge in [0, 0.05) is 200 Å². The first-order valence-electron chi connectivity index (χ1n) is 51.1. The predicted octanol–water partition coefficient (Wildman–Crippen LogP) is 4.24. The molecule has 0 aliphatic carbocycles. The third kappa shape index (κ3) is 21.1. The van der Waals surface area contributed by atoms with E-state index in [9.17, 15) is 19.2 Å². The molecule has 0 spiro atoms. The summed E-state index contributed by atoms with van der Waals surface area (Å²) in [4.78, 5) is 59.4. The van der Waals surface area contributed by atoms with E-state index in [-0.39, 0.29) is 144 Å². The van der Waals surface area contributed by atoms with Gasteiger partial charge in [-0.05, 0) is 124 Å². The summed E-state index contributed by atoms with van der Waals surface area (Å²) in [5, 5.41) is 16.4. The van der Waals surface area contributed by atoms with Gasteiger partial charge in [0.2, 0.25) is 69.2 Å². The van der Waals surface area contributed by atoms with Crippen LogP contribution in [-0.4, -0.2) is 140 Å². The third-order valence-electron chi connectivity index (χ3n) is 29.2. The van der Waals surface area contributed by atoms with Crippen LogP contribution in [0.3, 0.4) is 0 Å². The van der Waals surface area contributed by atoms with Crippen molar-refractivity contribution in [1.29, 1.82) is 0 Å². The molecule has 4 amide bonds. The Morgan fingerprint density at radius 1 is 0.269 bits per heavy atom.